The van der Waals surface area contributed by atoms with Crippen LogP contribution in [-0.2, 0) is 4.74 Å². The first-order chi connectivity index (χ1) is 7.26. The van der Waals surface area contributed by atoms with Crippen molar-refractivity contribution >= 4 is 6.09 Å². The number of carbonyl (C=O) groups is 1. The molecule has 0 fully saturated rings. The zero-order valence-corrected chi connectivity index (χ0v) is 11.0. The van der Waals surface area contributed by atoms with Gasteiger partial charge in [0.2, 0.25) is 0 Å². The number of alkyl carbamates (subject to hydrolysis) is 1. The van der Waals surface area contributed by atoms with Crippen LogP contribution < -0.4 is 5.32 Å². The highest BCUT2D eigenvalue weighted by Crippen LogP contribution is 2.09. The summed E-state index contributed by atoms with van der Waals surface area (Å²) < 4.78 is 5.14. The monoisotopic (exact) mass is 231 g/mol. The molecule has 0 aromatic rings. The van der Waals surface area contributed by atoms with E-state index in [1.165, 1.54) is 0 Å². The second kappa shape index (κ2) is 6.74. The van der Waals surface area contributed by atoms with Crippen molar-refractivity contribution in [3.8, 4) is 0 Å². The summed E-state index contributed by atoms with van der Waals surface area (Å²) in [5.74, 6) is 0. The van der Waals surface area contributed by atoms with Gasteiger partial charge in [-0.25, -0.2) is 4.79 Å². The smallest absolute Gasteiger partial charge is 0.407 e. The van der Waals surface area contributed by atoms with Crippen molar-refractivity contribution in [2.45, 2.75) is 71.6 Å². The third-order valence-electron chi connectivity index (χ3n) is 2.15. The molecule has 0 spiro atoms. The first kappa shape index (κ1) is 15.2. The molecule has 1 amide bonds. The molecule has 0 aliphatic rings. The standard InChI is InChI=1S/C12H25NO3/c1-6-7-8-10(9(2)14)13-11(15)16-12(3,4)5/h9-10,14H,6-8H2,1-5H3,(H,13,15). The van der Waals surface area contributed by atoms with Gasteiger partial charge in [0, 0.05) is 0 Å². The van der Waals surface area contributed by atoms with Crippen LogP contribution in [0.1, 0.15) is 53.9 Å². The average molecular weight is 231 g/mol. The van der Waals surface area contributed by atoms with Gasteiger partial charge in [-0.15, -0.1) is 0 Å². The number of unbranched alkanes of at least 4 members (excludes halogenated alkanes) is 1. The van der Waals surface area contributed by atoms with Gasteiger partial charge in [0.25, 0.3) is 0 Å². The van der Waals surface area contributed by atoms with E-state index >= 15 is 0 Å². The molecule has 2 unspecified atom stereocenters. The van der Waals surface area contributed by atoms with E-state index in [4.69, 9.17) is 4.74 Å². The number of hydrogen-bond donors (Lipinski definition) is 2. The molecule has 0 bridgehead atoms. The van der Waals surface area contributed by atoms with Crippen LogP contribution in [0.2, 0.25) is 0 Å². The van der Waals surface area contributed by atoms with Crippen molar-refractivity contribution in [1.82, 2.24) is 5.32 Å². The number of carbonyl (C=O) groups excluding carboxylic acids is 1. The highest BCUT2D eigenvalue weighted by molar-refractivity contribution is 5.68. The summed E-state index contributed by atoms with van der Waals surface area (Å²) in [6.07, 6.45) is 1.77. The van der Waals surface area contributed by atoms with E-state index in [0.29, 0.717) is 0 Å². The van der Waals surface area contributed by atoms with Crippen molar-refractivity contribution in [2.75, 3.05) is 0 Å². The van der Waals surface area contributed by atoms with Crippen molar-refractivity contribution in [2.24, 2.45) is 0 Å². The number of amides is 1. The lowest BCUT2D eigenvalue weighted by molar-refractivity contribution is 0.0429. The molecule has 2 atom stereocenters. The topological polar surface area (TPSA) is 58.6 Å². The summed E-state index contributed by atoms with van der Waals surface area (Å²) >= 11 is 0. The molecule has 0 heterocycles. The SMILES string of the molecule is CCCCC(NC(=O)OC(C)(C)C)C(C)O. The van der Waals surface area contributed by atoms with Gasteiger partial charge in [-0.2, -0.15) is 0 Å². The number of hydrogen-bond acceptors (Lipinski definition) is 3. The van der Waals surface area contributed by atoms with Gasteiger partial charge in [0.15, 0.2) is 0 Å². The van der Waals surface area contributed by atoms with E-state index in [0.717, 1.165) is 19.3 Å². The molecule has 0 saturated heterocycles. The van der Waals surface area contributed by atoms with Gasteiger partial charge in [0.1, 0.15) is 5.60 Å². The molecule has 0 aromatic carbocycles. The zero-order chi connectivity index (χ0) is 12.8. The van der Waals surface area contributed by atoms with Gasteiger partial charge >= 0.3 is 6.09 Å². The van der Waals surface area contributed by atoms with Crippen LogP contribution in [0.4, 0.5) is 4.79 Å². The zero-order valence-electron chi connectivity index (χ0n) is 11.0. The van der Waals surface area contributed by atoms with Crippen LogP contribution >= 0.6 is 0 Å². The fourth-order valence-electron chi connectivity index (χ4n) is 1.32. The number of rotatable bonds is 5. The van der Waals surface area contributed by atoms with Crippen LogP contribution in [0.25, 0.3) is 0 Å². The Bertz CT molecular complexity index is 209. The Labute approximate surface area is 98.4 Å². The number of nitrogens with one attached hydrogen (secondary N) is 1. The third kappa shape index (κ3) is 7.51. The van der Waals surface area contributed by atoms with E-state index < -0.39 is 17.8 Å². The van der Waals surface area contributed by atoms with Crippen LogP contribution in [0.3, 0.4) is 0 Å². The quantitative estimate of drug-likeness (QED) is 0.764. The first-order valence-electron chi connectivity index (χ1n) is 5.94. The minimum Gasteiger partial charge on any atom is -0.444 e. The van der Waals surface area contributed by atoms with Crippen LogP contribution in [0.15, 0.2) is 0 Å². The lowest BCUT2D eigenvalue weighted by Crippen LogP contribution is -2.44. The lowest BCUT2D eigenvalue weighted by Gasteiger charge is -2.25. The normalized spacial score (nSPS) is 15.4. The summed E-state index contributed by atoms with van der Waals surface area (Å²) in [5, 5.41) is 12.2. The van der Waals surface area contributed by atoms with E-state index in [1.807, 2.05) is 20.8 Å². The molecule has 0 aromatic heterocycles. The maximum Gasteiger partial charge on any atom is 0.407 e. The fourth-order valence-corrected chi connectivity index (χ4v) is 1.32. The van der Waals surface area contributed by atoms with E-state index in [2.05, 4.69) is 12.2 Å². The molecular formula is C12H25NO3. The summed E-state index contributed by atoms with van der Waals surface area (Å²) in [4.78, 5) is 11.5. The molecule has 0 radical (unpaired) electrons. The number of aliphatic hydroxyl groups excluding tert-OH is 1. The molecule has 0 aliphatic heterocycles. The molecule has 0 aliphatic carbocycles. The van der Waals surface area contributed by atoms with Crippen molar-refractivity contribution in [1.29, 1.82) is 0 Å². The maximum absolute atomic E-state index is 11.5. The van der Waals surface area contributed by atoms with Gasteiger partial charge in [0.05, 0.1) is 12.1 Å². The summed E-state index contributed by atoms with van der Waals surface area (Å²) in [6.45, 7) is 9.20. The molecule has 96 valence electrons. The molecule has 16 heavy (non-hydrogen) atoms. The molecule has 4 heteroatoms. The summed E-state index contributed by atoms with van der Waals surface area (Å²) in [7, 11) is 0. The summed E-state index contributed by atoms with van der Waals surface area (Å²) in [5.41, 5.74) is -0.502. The minimum absolute atomic E-state index is 0.227. The van der Waals surface area contributed by atoms with E-state index in [9.17, 15) is 9.90 Å². The third-order valence-corrected chi connectivity index (χ3v) is 2.15. The van der Waals surface area contributed by atoms with Crippen LogP contribution in [0, 0.1) is 0 Å². The summed E-state index contributed by atoms with van der Waals surface area (Å²) in [6, 6.07) is -0.227. The highest BCUT2D eigenvalue weighted by atomic mass is 16.6. The first-order valence-corrected chi connectivity index (χ1v) is 5.94. The van der Waals surface area contributed by atoms with Crippen LogP contribution in [0.5, 0.6) is 0 Å². The Balaban J connectivity index is 4.13. The lowest BCUT2D eigenvalue weighted by atomic mass is 10.1. The van der Waals surface area contributed by atoms with Crippen molar-refractivity contribution < 1.29 is 14.6 Å². The van der Waals surface area contributed by atoms with Crippen molar-refractivity contribution in [3.05, 3.63) is 0 Å². The highest BCUT2D eigenvalue weighted by Gasteiger charge is 2.21. The fraction of sp³-hybridized carbons (Fsp3) is 0.917. The largest absolute Gasteiger partial charge is 0.444 e. The predicted octanol–water partition coefficient (Wildman–Crippen LogP) is 2.45. The average Bonchev–Trinajstić information content (AvgIpc) is 2.08. The van der Waals surface area contributed by atoms with Gasteiger partial charge in [-0.05, 0) is 34.1 Å². The maximum atomic E-state index is 11.5. The Hall–Kier alpha value is -0.770. The van der Waals surface area contributed by atoms with Gasteiger partial charge in [-0.3, -0.25) is 0 Å². The minimum atomic E-state index is -0.556. The second-order valence-corrected chi connectivity index (χ2v) is 5.14. The predicted molar refractivity (Wildman–Crippen MR) is 64.4 cm³/mol. The molecular weight excluding hydrogens is 206 g/mol. The Kier molecular flexibility index (Phi) is 6.41. The van der Waals surface area contributed by atoms with E-state index in [1.54, 1.807) is 6.92 Å². The Morgan fingerprint density at radius 1 is 1.44 bits per heavy atom. The molecule has 2 N–H and O–H groups in total. The van der Waals surface area contributed by atoms with Gasteiger partial charge < -0.3 is 15.2 Å². The second-order valence-electron chi connectivity index (χ2n) is 5.14. The Morgan fingerprint density at radius 2 is 2.00 bits per heavy atom. The number of aliphatic hydroxyl groups is 1. The molecule has 4 nitrogen and oxygen atoms in total. The Morgan fingerprint density at radius 3 is 2.38 bits per heavy atom. The van der Waals surface area contributed by atoms with E-state index in [-0.39, 0.29) is 6.04 Å². The molecule has 0 rings (SSSR count). The van der Waals surface area contributed by atoms with Crippen molar-refractivity contribution in [3.63, 3.8) is 0 Å². The number of ether oxygens (including phenoxy) is 1. The van der Waals surface area contributed by atoms with Gasteiger partial charge in [-0.1, -0.05) is 19.8 Å². The van der Waals surface area contributed by atoms with Crippen LogP contribution in [-0.4, -0.2) is 28.9 Å². The molecule has 0 saturated carbocycles.